The SMILES string of the molecule is COC(=O)c1ccc(S(=O)(=O)N2CCC(Oc3ccc(C)nc3)CC2)cc1. The van der Waals surface area contributed by atoms with Gasteiger partial charge in [-0.1, -0.05) is 0 Å². The third-order valence-electron chi connectivity index (χ3n) is 4.50. The highest BCUT2D eigenvalue weighted by Gasteiger charge is 2.30. The molecule has 2 aromatic rings. The van der Waals surface area contributed by atoms with Crippen LogP contribution in [0, 0.1) is 6.92 Å². The maximum absolute atomic E-state index is 12.8. The van der Waals surface area contributed by atoms with Gasteiger partial charge in [-0.25, -0.2) is 13.2 Å². The molecular formula is C19H22N2O5S. The molecule has 1 aromatic carbocycles. The van der Waals surface area contributed by atoms with Crippen molar-refractivity contribution in [2.24, 2.45) is 0 Å². The molecule has 0 amide bonds. The summed E-state index contributed by atoms with van der Waals surface area (Å²) in [7, 11) is -2.32. The summed E-state index contributed by atoms with van der Waals surface area (Å²) in [5.74, 6) is 0.197. The standard InChI is InChI=1S/C19H22N2O5S/c1-14-3-6-17(13-20-14)26-16-9-11-21(12-10-16)27(23,24)18-7-4-15(5-8-18)19(22)25-2/h3-8,13,16H,9-12H2,1-2H3. The van der Waals surface area contributed by atoms with Crippen LogP contribution in [0.3, 0.4) is 0 Å². The van der Waals surface area contributed by atoms with Gasteiger partial charge in [-0.15, -0.1) is 0 Å². The molecule has 8 heteroatoms. The molecule has 0 atom stereocenters. The fourth-order valence-corrected chi connectivity index (χ4v) is 4.41. The van der Waals surface area contributed by atoms with E-state index in [4.69, 9.17) is 4.74 Å². The first-order valence-electron chi connectivity index (χ1n) is 8.68. The summed E-state index contributed by atoms with van der Waals surface area (Å²) in [5, 5.41) is 0. The summed E-state index contributed by atoms with van der Waals surface area (Å²) < 4.78 is 37.6. The van der Waals surface area contributed by atoms with Crippen molar-refractivity contribution in [3.8, 4) is 5.75 Å². The number of carbonyl (C=O) groups is 1. The number of carbonyl (C=O) groups excluding carboxylic acids is 1. The molecule has 1 aromatic heterocycles. The van der Waals surface area contributed by atoms with E-state index in [-0.39, 0.29) is 11.0 Å². The summed E-state index contributed by atoms with van der Waals surface area (Å²) >= 11 is 0. The fourth-order valence-electron chi connectivity index (χ4n) is 2.94. The Kier molecular flexibility index (Phi) is 5.76. The fraction of sp³-hybridized carbons (Fsp3) is 0.368. The third-order valence-corrected chi connectivity index (χ3v) is 6.41. The van der Waals surface area contributed by atoms with E-state index in [9.17, 15) is 13.2 Å². The maximum atomic E-state index is 12.8. The van der Waals surface area contributed by atoms with Gasteiger partial charge in [0, 0.05) is 18.8 Å². The smallest absolute Gasteiger partial charge is 0.337 e. The van der Waals surface area contributed by atoms with Gasteiger partial charge >= 0.3 is 5.97 Å². The normalized spacial score (nSPS) is 16.1. The van der Waals surface area contributed by atoms with Crippen molar-refractivity contribution >= 4 is 16.0 Å². The molecule has 0 N–H and O–H groups in total. The molecule has 144 valence electrons. The van der Waals surface area contributed by atoms with Crippen LogP contribution >= 0.6 is 0 Å². The molecule has 0 unspecified atom stereocenters. The lowest BCUT2D eigenvalue weighted by atomic mass is 10.1. The van der Waals surface area contributed by atoms with Crippen LogP contribution in [-0.2, 0) is 14.8 Å². The molecule has 1 aliphatic rings. The number of rotatable bonds is 5. The number of ether oxygens (including phenoxy) is 2. The van der Waals surface area contributed by atoms with Crippen LogP contribution in [-0.4, -0.2) is 50.0 Å². The first-order valence-corrected chi connectivity index (χ1v) is 10.1. The van der Waals surface area contributed by atoms with Gasteiger partial charge in [0.25, 0.3) is 0 Å². The molecule has 0 aliphatic carbocycles. The van der Waals surface area contributed by atoms with Crippen molar-refractivity contribution in [2.75, 3.05) is 20.2 Å². The van der Waals surface area contributed by atoms with E-state index in [1.807, 2.05) is 19.1 Å². The average molecular weight is 390 g/mol. The molecule has 1 fully saturated rings. The third kappa shape index (κ3) is 4.45. The first-order chi connectivity index (χ1) is 12.9. The van der Waals surface area contributed by atoms with E-state index in [0.29, 0.717) is 37.2 Å². The number of pyridine rings is 1. The van der Waals surface area contributed by atoms with Gasteiger partial charge in [-0.2, -0.15) is 4.31 Å². The number of piperidine rings is 1. The summed E-state index contributed by atoms with van der Waals surface area (Å²) in [6, 6.07) is 9.53. The van der Waals surface area contributed by atoms with Crippen LogP contribution in [0.4, 0.5) is 0 Å². The van der Waals surface area contributed by atoms with Crippen molar-refractivity contribution in [3.63, 3.8) is 0 Å². The van der Waals surface area contributed by atoms with Crippen LogP contribution < -0.4 is 4.74 Å². The number of aromatic nitrogens is 1. The van der Waals surface area contributed by atoms with Crippen LogP contribution in [0.25, 0.3) is 0 Å². The predicted molar refractivity (Wildman–Crippen MR) is 99.2 cm³/mol. The zero-order valence-corrected chi connectivity index (χ0v) is 16.1. The number of benzene rings is 1. The number of nitrogens with zero attached hydrogens (tertiary/aromatic N) is 2. The molecule has 2 heterocycles. The molecule has 7 nitrogen and oxygen atoms in total. The van der Waals surface area contributed by atoms with Crippen LogP contribution in [0.5, 0.6) is 5.75 Å². The number of hydrogen-bond donors (Lipinski definition) is 0. The van der Waals surface area contributed by atoms with E-state index in [1.54, 1.807) is 6.20 Å². The summed E-state index contributed by atoms with van der Waals surface area (Å²) in [5.41, 5.74) is 1.23. The van der Waals surface area contributed by atoms with Gasteiger partial charge in [-0.05, 0) is 56.2 Å². The predicted octanol–water partition coefficient (Wildman–Crippen LogP) is 2.41. The van der Waals surface area contributed by atoms with Gasteiger partial charge in [0.05, 0.1) is 23.8 Å². The molecule has 27 heavy (non-hydrogen) atoms. The Morgan fingerprint density at radius 3 is 2.33 bits per heavy atom. The van der Waals surface area contributed by atoms with Gasteiger partial charge in [0.15, 0.2) is 0 Å². The minimum atomic E-state index is -3.60. The summed E-state index contributed by atoms with van der Waals surface area (Å²) in [6.45, 7) is 2.67. The zero-order valence-electron chi connectivity index (χ0n) is 15.3. The van der Waals surface area contributed by atoms with Crippen molar-refractivity contribution in [3.05, 3.63) is 53.9 Å². The van der Waals surface area contributed by atoms with E-state index in [0.717, 1.165) is 5.69 Å². The van der Waals surface area contributed by atoms with Crippen LogP contribution in [0.15, 0.2) is 47.5 Å². The minimum absolute atomic E-state index is 0.0392. The highest BCUT2D eigenvalue weighted by Crippen LogP contribution is 2.24. The van der Waals surface area contributed by atoms with Crippen LogP contribution in [0.2, 0.25) is 0 Å². The second-order valence-electron chi connectivity index (χ2n) is 6.37. The first kappa shape index (κ1) is 19.3. The Hall–Kier alpha value is -2.45. The number of methoxy groups -OCH3 is 1. The summed E-state index contributed by atoms with van der Waals surface area (Å²) in [6.07, 6.45) is 2.85. The zero-order chi connectivity index (χ0) is 19.4. The second-order valence-corrected chi connectivity index (χ2v) is 8.31. The molecule has 0 bridgehead atoms. The van der Waals surface area contributed by atoms with Gasteiger partial charge in [-0.3, -0.25) is 4.98 Å². The van der Waals surface area contributed by atoms with Crippen molar-refractivity contribution in [1.29, 1.82) is 0 Å². The number of aryl methyl sites for hydroxylation is 1. The van der Waals surface area contributed by atoms with E-state index in [1.165, 1.54) is 35.7 Å². The van der Waals surface area contributed by atoms with Crippen LogP contribution in [0.1, 0.15) is 28.9 Å². The number of hydrogen-bond acceptors (Lipinski definition) is 6. The monoisotopic (exact) mass is 390 g/mol. The number of sulfonamides is 1. The maximum Gasteiger partial charge on any atom is 0.337 e. The Morgan fingerprint density at radius 2 is 1.78 bits per heavy atom. The van der Waals surface area contributed by atoms with E-state index in [2.05, 4.69) is 9.72 Å². The molecule has 1 saturated heterocycles. The molecule has 1 aliphatic heterocycles. The minimum Gasteiger partial charge on any atom is -0.489 e. The Morgan fingerprint density at radius 1 is 1.11 bits per heavy atom. The van der Waals surface area contributed by atoms with E-state index >= 15 is 0 Å². The molecular weight excluding hydrogens is 368 g/mol. The lowest BCUT2D eigenvalue weighted by Gasteiger charge is -2.31. The van der Waals surface area contributed by atoms with Crippen molar-refractivity contribution in [2.45, 2.75) is 30.8 Å². The lowest BCUT2D eigenvalue weighted by Crippen LogP contribution is -2.41. The highest BCUT2D eigenvalue weighted by atomic mass is 32.2. The Labute approximate surface area is 159 Å². The van der Waals surface area contributed by atoms with Gasteiger partial charge < -0.3 is 9.47 Å². The Balaban J connectivity index is 1.62. The molecule has 3 rings (SSSR count). The molecule has 0 radical (unpaired) electrons. The quantitative estimate of drug-likeness (QED) is 0.729. The second kappa shape index (κ2) is 8.06. The summed E-state index contributed by atoms with van der Waals surface area (Å²) in [4.78, 5) is 15.8. The lowest BCUT2D eigenvalue weighted by molar-refractivity contribution is 0.0600. The van der Waals surface area contributed by atoms with E-state index < -0.39 is 16.0 Å². The number of esters is 1. The van der Waals surface area contributed by atoms with Crippen molar-refractivity contribution in [1.82, 2.24) is 9.29 Å². The van der Waals surface area contributed by atoms with Gasteiger partial charge in [0.1, 0.15) is 11.9 Å². The molecule has 0 spiro atoms. The van der Waals surface area contributed by atoms with Crippen molar-refractivity contribution < 1.29 is 22.7 Å². The Bertz CT molecular complexity index is 887. The highest BCUT2D eigenvalue weighted by molar-refractivity contribution is 7.89. The molecule has 0 saturated carbocycles. The largest absolute Gasteiger partial charge is 0.489 e. The topological polar surface area (TPSA) is 85.8 Å². The average Bonchev–Trinajstić information content (AvgIpc) is 2.69. The van der Waals surface area contributed by atoms with Gasteiger partial charge in [0.2, 0.25) is 10.0 Å².